The second kappa shape index (κ2) is 21.9. The number of allylic oxidation sites excluding steroid dienone is 4. The third kappa shape index (κ3) is 12.1. The average molecular weight is 814 g/mol. The molecule has 0 fully saturated rings. The van der Waals surface area contributed by atoms with Crippen LogP contribution in [0.1, 0.15) is 66.6 Å². The molecule has 1 aliphatic rings. The van der Waals surface area contributed by atoms with E-state index in [2.05, 4.69) is 15.0 Å². The number of aliphatic hydroxyl groups is 1. The first-order chi connectivity index (χ1) is 27.0. The lowest BCUT2D eigenvalue weighted by molar-refractivity contribution is -0.114. The van der Waals surface area contributed by atoms with Crippen LogP contribution in [0.25, 0.3) is 28.3 Å². The van der Waals surface area contributed by atoms with Gasteiger partial charge >= 0.3 is 17.6 Å². The molecular weight excluding hydrogens is 759 g/mol. The molecule has 17 heteroatoms. The highest BCUT2D eigenvalue weighted by atomic mass is 28.4. The van der Waals surface area contributed by atoms with Crippen molar-refractivity contribution in [1.82, 2.24) is 15.0 Å². The fourth-order valence-corrected chi connectivity index (χ4v) is 11.2. The molecule has 1 aliphatic carbocycles. The second-order valence-electron chi connectivity index (χ2n) is 12.4. The number of hydrogen-bond donors (Lipinski definition) is 3. The number of hydrogen-bond acceptors (Lipinski definition) is 15. The highest BCUT2D eigenvalue weighted by Crippen LogP contribution is 2.36. The minimum atomic E-state index is -2.82. The molecule has 1 aromatic heterocycles. The number of nitrogens with zero attached hydrogens (tertiary/aromatic N) is 3. The normalized spacial score (nSPS) is 13.4. The average Bonchev–Trinajstić information content (AvgIpc) is 3.16. The molecule has 0 saturated heterocycles. The number of rotatable bonds is 25. The summed E-state index contributed by atoms with van der Waals surface area (Å²) >= 11 is 0. The van der Waals surface area contributed by atoms with Crippen LogP contribution in [0.2, 0.25) is 12.1 Å². The minimum Gasteiger partial charge on any atom is -0.511 e. The first-order valence-corrected chi connectivity index (χ1v) is 23.1. The monoisotopic (exact) mass is 813 g/mol. The predicted octanol–water partition coefficient (Wildman–Crippen LogP) is 7.05. The molecule has 3 N–H and O–H groups in total. The van der Waals surface area contributed by atoms with Gasteiger partial charge < -0.3 is 51.3 Å². The van der Waals surface area contributed by atoms with Crippen molar-refractivity contribution in [3.05, 3.63) is 60.1 Å². The summed E-state index contributed by atoms with van der Waals surface area (Å²) in [5.41, 5.74) is 0.711. The van der Waals surface area contributed by atoms with E-state index in [1.54, 1.807) is 24.3 Å². The molecular formula is C39H55N3O12Si2. The number of carbonyl (C=O) groups is 1. The number of benzene rings is 2. The number of ether oxygens (including phenoxy) is 2. The van der Waals surface area contributed by atoms with Crippen LogP contribution in [-0.2, 0) is 31.4 Å². The molecule has 56 heavy (non-hydrogen) atoms. The van der Waals surface area contributed by atoms with Gasteiger partial charge in [-0.05, 0) is 90.8 Å². The zero-order chi connectivity index (χ0) is 40.6. The molecule has 15 nitrogen and oxygen atoms in total. The molecule has 306 valence electrons. The second-order valence-corrected chi connectivity index (χ2v) is 17.8. The number of phenolic OH excluding ortho intramolecular Hbond substituents is 2. The molecule has 0 atom stereocenters. The van der Waals surface area contributed by atoms with Gasteiger partial charge in [0, 0.05) is 63.9 Å². The fourth-order valence-electron chi connectivity index (χ4n) is 6.07. The van der Waals surface area contributed by atoms with Gasteiger partial charge in [-0.1, -0.05) is 0 Å². The molecule has 0 aliphatic heterocycles. The van der Waals surface area contributed by atoms with Crippen LogP contribution in [0.3, 0.4) is 0 Å². The lowest BCUT2D eigenvalue weighted by Crippen LogP contribution is -2.46. The number of carbonyl (C=O) groups excluding carboxylic acids is 1. The van der Waals surface area contributed by atoms with Gasteiger partial charge in [-0.2, -0.15) is 0 Å². The molecule has 0 bridgehead atoms. The summed E-state index contributed by atoms with van der Waals surface area (Å²) in [4.78, 5) is 25.7. The van der Waals surface area contributed by atoms with Crippen LogP contribution in [0.5, 0.6) is 23.0 Å². The van der Waals surface area contributed by atoms with E-state index < -0.39 is 17.6 Å². The summed E-state index contributed by atoms with van der Waals surface area (Å²) in [6.45, 7) is 15.0. The van der Waals surface area contributed by atoms with Gasteiger partial charge in [-0.25, -0.2) is 15.0 Å². The van der Waals surface area contributed by atoms with Gasteiger partial charge in [0.25, 0.3) is 0 Å². The number of phenols is 2. The Bertz CT molecular complexity index is 1670. The first kappa shape index (κ1) is 44.5. The quantitative estimate of drug-likeness (QED) is 0.0582. The van der Waals surface area contributed by atoms with Gasteiger partial charge in [0.2, 0.25) is 0 Å². The van der Waals surface area contributed by atoms with Crippen molar-refractivity contribution in [2.75, 3.05) is 52.9 Å². The lowest BCUT2D eigenvalue weighted by atomic mass is 10.0. The topological polar surface area (TPSA) is 190 Å². The summed E-state index contributed by atoms with van der Waals surface area (Å²) < 4.78 is 47.5. The van der Waals surface area contributed by atoms with E-state index in [9.17, 15) is 20.1 Å². The Morgan fingerprint density at radius 2 is 0.964 bits per heavy atom. The maximum atomic E-state index is 12.0. The van der Waals surface area contributed by atoms with E-state index in [4.69, 9.17) is 36.0 Å². The maximum absolute atomic E-state index is 12.0. The van der Waals surface area contributed by atoms with Crippen LogP contribution < -0.4 is 9.47 Å². The Kier molecular flexibility index (Phi) is 17.4. The first-order valence-electron chi connectivity index (χ1n) is 19.2. The Morgan fingerprint density at radius 3 is 1.32 bits per heavy atom. The molecule has 1 heterocycles. The highest BCUT2D eigenvalue weighted by Gasteiger charge is 2.40. The van der Waals surface area contributed by atoms with Crippen molar-refractivity contribution in [1.29, 1.82) is 0 Å². The Balaban J connectivity index is 1.56. The third-order valence-corrected chi connectivity index (χ3v) is 14.7. The van der Waals surface area contributed by atoms with Crippen LogP contribution >= 0.6 is 0 Å². The van der Waals surface area contributed by atoms with Crippen molar-refractivity contribution in [3.8, 4) is 45.8 Å². The van der Waals surface area contributed by atoms with Gasteiger partial charge in [-0.15, -0.1) is 0 Å². The van der Waals surface area contributed by atoms with E-state index >= 15 is 0 Å². The number of aliphatic hydroxyl groups excluding tert-OH is 1. The van der Waals surface area contributed by atoms with E-state index in [0.29, 0.717) is 89.3 Å². The molecule has 3 aromatic rings. The van der Waals surface area contributed by atoms with Crippen molar-refractivity contribution in [2.45, 2.75) is 72.9 Å². The van der Waals surface area contributed by atoms with Crippen LogP contribution in [0.15, 0.2) is 54.3 Å². The van der Waals surface area contributed by atoms with Crippen molar-refractivity contribution in [3.63, 3.8) is 0 Å². The number of aromatic nitrogens is 3. The molecule has 0 amide bonds. The zero-order valence-corrected chi connectivity index (χ0v) is 35.2. The Morgan fingerprint density at radius 1 is 0.571 bits per heavy atom. The van der Waals surface area contributed by atoms with Crippen LogP contribution in [-0.4, -0.2) is 107 Å². The molecule has 0 radical (unpaired) electrons. The van der Waals surface area contributed by atoms with Gasteiger partial charge in [-0.3, -0.25) is 4.79 Å². The molecule has 2 aromatic carbocycles. The summed E-state index contributed by atoms with van der Waals surface area (Å²) in [6.07, 6.45) is 3.75. The SMILES string of the molecule is CCO[Si](CCCOc1ccc(-c2nc(C3=C(O)CC(=O)C=C3)nc(-c3ccc(OCCC[Si](OCC)(OCC)OCC)cc3O)n2)c(O)c1)(OCC)OCC. The molecule has 0 spiro atoms. The summed E-state index contributed by atoms with van der Waals surface area (Å²) in [5, 5.41) is 33.1. The largest absolute Gasteiger partial charge is 0.511 e. The third-order valence-electron chi connectivity index (χ3n) is 8.36. The fraction of sp³-hybridized carbons (Fsp3) is 0.487. The predicted molar refractivity (Wildman–Crippen MR) is 213 cm³/mol. The van der Waals surface area contributed by atoms with E-state index in [1.165, 1.54) is 24.3 Å². The smallest absolute Gasteiger partial charge is 0.501 e. The molecule has 0 unspecified atom stereocenters. The molecule has 0 saturated carbocycles. The van der Waals surface area contributed by atoms with E-state index in [1.807, 2.05) is 41.5 Å². The van der Waals surface area contributed by atoms with Crippen LogP contribution in [0, 0.1) is 0 Å². The Labute approximate surface area is 331 Å². The minimum absolute atomic E-state index is 0.0433. The van der Waals surface area contributed by atoms with Gasteiger partial charge in [0.1, 0.15) is 28.8 Å². The Hall–Kier alpha value is -4.21. The standard InChI is InChI=1S/C39H55N3O12Si2/c1-7-49-55(50-8-2,51-9-3)23-13-21-47-29-16-19-32(35(45)26-29)38-40-37(31-18-15-28(43)25-34(31)44)41-39(42-38)33-20-17-30(27-36(33)46)48-22-14-24-56(52-10-4,53-11-5)54-12-6/h15-20,26-27,44-46H,7-14,21-25H2,1-6H3. The van der Waals surface area contributed by atoms with Gasteiger partial charge in [0.15, 0.2) is 23.3 Å². The van der Waals surface area contributed by atoms with E-state index in [0.717, 1.165) is 0 Å². The summed E-state index contributed by atoms with van der Waals surface area (Å²) in [5.74, 6) is 0.180. The number of ketones is 1. The lowest BCUT2D eigenvalue weighted by Gasteiger charge is -2.28. The van der Waals surface area contributed by atoms with Crippen molar-refractivity contribution in [2.24, 2.45) is 0 Å². The van der Waals surface area contributed by atoms with Gasteiger partial charge in [0.05, 0.1) is 36.3 Å². The number of aromatic hydroxyl groups is 2. The zero-order valence-electron chi connectivity index (χ0n) is 33.2. The van der Waals surface area contributed by atoms with Crippen molar-refractivity contribution >= 4 is 29.0 Å². The maximum Gasteiger partial charge on any atom is 0.501 e. The van der Waals surface area contributed by atoms with E-state index in [-0.39, 0.29) is 63.6 Å². The molecule has 4 rings (SSSR count). The van der Waals surface area contributed by atoms with Crippen molar-refractivity contribution < 1.29 is 56.1 Å². The summed E-state index contributed by atoms with van der Waals surface area (Å²) in [7, 11) is -5.64. The van der Waals surface area contributed by atoms with Crippen LogP contribution in [0.4, 0.5) is 0 Å². The highest BCUT2D eigenvalue weighted by molar-refractivity contribution is 6.61. The summed E-state index contributed by atoms with van der Waals surface area (Å²) in [6, 6.07) is 10.6.